The quantitative estimate of drug-likeness (QED) is 0.837. The van der Waals surface area contributed by atoms with E-state index >= 15 is 0 Å². The summed E-state index contributed by atoms with van der Waals surface area (Å²) in [6, 6.07) is 9.02. The average molecular weight is 274 g/mol. The molecule has 0 amide bonds. The van der Waals surface area contributed by atoms with E-state index in [2.05, 4.69) is 4.98 Å². The maximum Gasteiger partial charge on any atom is 0.229 e. The molecule has 0 saturated carbocycles. The van der Waals surface area contributed by atoms with E-state index in [9.17, 15) is 5.11 Å². The largest absolute Gasteiger partial charge is 0.438 e. The second-order valence-corrected chi connectivity index (χ2v) is 4.48. The Balaban J connectivity index is 2.44. The fraction of sp³-hybridized carbons (Fsp3) is 0.143. The molecule has 0 bridgehead atoms. The van der Waals surface area contributed by atoms with E-state index in [1.807, 2.05) is 25.1 Å². The molecule has 2 aromatic rings. The number of aromatic nitrogens is 1. The Morgan fingerprint density at radius 1 is 1.37 bits per heavy atom. The Morgan fingerprint density at radius 3 is 2.79 bits per heavy atom. The number of aryl methyl sites for hydroxylation is 1. The number of nitrogens with zero attached hydrogens (tertiary/aromatic N) is 1. The van der Waals surface area contributed by atoms with Crippen LogP contribution in [0.1, 0.15) is 16.7 Å². The molecule has 98 valence electrons. The van der Waals surface area contributed by atoms with Gasteiger partial charge in [0.1, 0.15) is 10.7 Å². The number of aliphatic hydroxyl groups excluding tert-OH is 1. The third kappa shape index (κ3) is 2.89. The first-order chi connectivity index (χ1) is 9.13. The Hall–Kier alpha value is -1.98. The van der Waals surface area contributed by atoms with Crippen molar-refractivity contribution in [2.75, 3.05) is 0 Å². The highest BCUT2D eigenvalue weighted by Crippen LogP contribution is 2.27. The SMILES string of the molecule is Cc1ccnc(Oc2ccccc2CO)c1C(N)=S. The maximum absolute atomic E-state index is 9.28. The molecule has 1 aromatic heterocycles. The number of hydrogen-bond donors (Lipinski definition) is 2. The summed E-state index contributed by atoms with van der Waals surface area (Å²) in [4.78, 5) is 4.40. The van der Waals surface area contributed by atoms with E-state index in [4.69, 9.17) is 22.7 Å². The lowest BCUT2D eigenvalue weighted by Crippen LogP contribution is -2.13. The van der Waals surface area contributed by atoms with E-state index in [1.165, 1.54) is 0 Å². The van der Waals surface area contributed by atoms with Crippen molar-refractivity contribution in [3.05, 3.63) is 53.2 Å². The first kappa shape index (κ1) is 13.5. The fourth-order valence-electron chi connectivity index (χ4n) is 1.75. The molecular weight excluding hydrogens is 260 g/mol. The molecule has 2 rings (SSSR count). The molecule has 4 nitrogen and oxygen atoms in total. The molecule has 0 aliphatic heterocycles. The van der Waals surface area contributed by atoms with Gasteiger partial charge in [-0.25, -0.2) is 4.98 Å². The summed E-state index contributed by atoms with van der Waals surface area (Å²) in [6.45, 7) is 1.78. The van der Waals surface area contributed by atoms with Crippen molar-refractivity contribution in [3.63, 3.8) is 0 Å². The van der Waals surface area contributed by atoms with E-state index in [0.29, 0.717) is 22.8 Å². The zero-order valence-electron chi connectivity index (χ0n) is 10.5. The van der Waals surface area contributed by atoms with E-state index in [-0.39, 0.29) is 11.6 Å². The highest BCUT2D eigenvalue weighted by atomic mass is 32.1. The van der Waals surface area contributed by atoms with Crippen molar-refractivity contribution in [2.24, 2.45) is 5.73 Å². The normalized spacial score (nSPS) is 10.2. The van der Waals surface area contributed by atoms with Gasteiger partial charge in [-0.05, 0) is 24.6 Å². The minimum absolute atomic E-state index is 0.107. The molecule has 3 N–H and O–H groups in total. The van der Waals surface area contributed by atoms with Crippen molar-refractivity contribution in [3.8, 4) is 11.6 Å². The highest BCUT2D eigenvalue weighted by Gasteiger charge is 2.13. The molecule has 5 heteroatoms. The first-order valence-electron chi connectivity index (χ1n) is 5.75. The summed E-state index contributed by atoms with van der Waals surface area (Å²) in [6.07, 6.45) is 1.63. The molecule has 0 unspecified atom stereocenters. The van der Waals surface area contributed by atoms with Crippen LogP contribution < -0.4 is 10.5 Å². The molecule has 0 spiro atoms. The van der Waals surface area contributed by atoms with Gasteiger partial charge in [0.15, 0.2) is 0 Å². The molecule has 19 heavy (non-hydrogen) atoms. The third-order valence-electron chi connectivity index (χ3n) is 2.72. The molecule has 1 heterocycles. The number of thiocarbonyl (C=S) groups is 1. The molecule has 0 saturated heterocycles. The van der Waals surface area contributed by atoms with Crippen LogP contribution in [0.25, 0.3) is 0 Å². The molecule has 0 fully saturated rings. The zero-order chi connectivity index (χ0) is 13.8. The number of nitrogens with two attached hydrogens (primary N) is 1. The van der Waals surface area contributed by atoms with Gasteiger partial charge in [0.2, 0.25) is 5.88 Å². The highest BCUT2D eigenvalue weighted by molar-refractivity contribution is 7.80. The van der Waals surface area contributed by atoms with Crippen LogP contribution in [0, 0.1) is 6.92 Å². The minimum atomic E-state index is -0.107. The van der Waals surface area contributed by atoms with Crippen molar-refractivity contribution in [1.29, 1.82) is 0 Å². The Morgan fingerprint density at radius 2 is 2.11 bits per heavy atom. The summed E-state index contributed by atoms with van der Waals surface area (Å²) < 4.78 is 5.74. The second kappa shape index (κ2) is 5.77. The van der Waals surface area contributed by atoms with Gasteiger partial charge in [0.05, 0.1) is 12.2 Å². The third-order valence-corrected chi connectivity index (χ3v) is 2.92. The average Bonchev–Trinajstić information content (AvgIpc) is 2.39. The number of aliphatic hydroxyl groups is 1. The number of para-hydroxylation sites is 1. The monoisotopic (exact) mass is 274 g/mol. The Kier molecular flexibility index (Phi) is 4.09. The number of rotatable bonds is 4. The zero-order valence-corrected chi connectivity index (χ0v) is 11.3. The van der Waals surface area contributed by atoms with Crippen LogP contribution in [-0.2, 0) is 6.61 Å². The van der Waals surface area contributed by atoms with Crippen LogP contribution in [0.15, 0.2) is 36.5 Å². The van der Waals surface area contributed by atoms with Crippen LogP contribution in [0.4, 0.5) is 0 Å². The summed E-state index contributed by atoms with van der Waals surface area (Å²) >= 11 is 5.02. The van der Waals surface area contributed by atoms with Gasteiger partial charge >= 0.3 is 0 Å². The van der Waals surface area contributed by atoms with Gasteiger partial charge in [-0.3, -0.25) is 0 Å². The first-order valence-corrected chi connectivity index (χ1v) is 6.16. The molecule has 0 radical (unpaired) electrons. The van der Waals surface area contributed by atoms with Crippen molar-refractivity contribution in [1.82, 2.24) is 4.98 Å². The Bertz CT molecular complexity index is 614. The van der Waals surface area contributed by atoms with Crippen molar-refractivity contribution >= 4 is 17.2 Å². The number of benzene rings is 1. The Labute approximate surface area is 116 Å². The predicted molar refractivity (Wildman–Crippen MR) is 77.3 cm³/mol. The van der Waals surface area contributed by atoms with Crippen LogP contribution in [0.3, 0.4) is 0 Å². The smallest absolute Gasteiger partial charge is 0.229 e. The van der Waals surface area contributed by atoms with Gasteiger partial charge < -0.3 is 15.6 Å². The maximum atomic E-state index is 9.28. The fourth-order valence-corrected chi connectivity index (χ4v) is 2.00. The summed E-state index contributed by atoms with van der Waals surface area (Å²) in [5.41, 5.74) is 7.90. The van der Waals surface area contributed by atoms with Crippen LogP contribution >= 0.6 is 12.2 Å². The van der Waals surface area contributed by atoms with Gasteiger partial charge in [-0.1, -0.05) is 30.4 Å². The van der Waals surface area contributed by atoms with E-state index in [1.54, 1.807) is 18.3 Å². The van der Waals surface area contributed by atoms with Gasteiger partial charge in [0.25, 0.3) is 0 Å². The topological polar surface area (TPSA) is 68.4 Å². The lowest BCUT2D eigenvalue weighted by molar-refractivity contribution is 0.276. The molecule has 0 aliphatic rings. The van der Waals surface area contributed by atoms with E-state index in [0.717, 1.165) is 5.56 Å². The van der Waals surface area contributed by atoms with Crippen molar-refractivity contribution in [2.45, 2.75) is 13.5 Å². The van der Waals surface area contributed by atoms with Crippen molar-refractivity contribution < 1.29 is 9.84 Å². The minimum Gasteiger partial charge on any atom is -0.438 e. The summed E-state index contributed by atoms with van der Waals surface area (Å²) in [7, 11) is 0. The van der Waals surface area contributed by atoms with Crippen LogP contribution in [0.2, 0.25) is 0 Å². The van der Waals surface area contributed by atoms with Gasteiger partial charge in [-0.2, -0.15) is 0 Å². The molecule has 0 aliphatic carbocycles. The van der Waals surface area contributed by atoms with Crippen LogP contribution in [-0.4, -0.2) is 15.1 Å². The number of ether oxygens (including phenoxy) is 1. The number of hydrogen-bond acceptors (Lipinski definition) is 4. The van der Waals surface area contributed by atoms with E-state index < -0.39 is 0 Å². The predicted octanol–water partition coefficient (Wildman–Crippen LogP) is 2.31. The molecular formula is C14H14N2O2S. The molecule has 1 aromatic carbocycles. The van der Waals surface area contributed by atoms with Gasteiger partial charge in [-0.15, -0.1) is 0 Å². The summed E-state index contributed by atoms with van der Waals surface area (Å²) in [5, 5.41) is 9.28. The standard InChI is InChI=1S/C14H14N2O2S/c1-9-6-7-16-14(12(9)13(15)19)18-11-5-3-2-4-10(11)8-17/h2-7,17H,8H2,1H3,(H2,15,19). The van der Waals surface area contributed by atoms with Crippen LogP contribution in [0.5, 0.6) is 11.6 Å². The molecule has 0 atom stereocenters. The lowest BCUT2D eigenvalue weighted by Gasteiger charge is -2.13. The summed E-state index contributed by atoms with van der Waals surface area (Å²) in [5.74, 6) is 0.897. The van der Waals surface area contributed by atoms with Gasteiger partial charge in [0, 0.05) is 11.8 Å². The second-order valence-electron chi connectivity index (χ2n) is 4.04. The number of pyridine rings is 1. The lowest BCUT2D eigenvalue weighted by atomic mass is 10.1.